The molecule has 0 aliphatic heterocycles. The van der Waals surface area contributed by atoms with E-state index in [1.54, 1.807) is 25.1 Å². The fourth-order valence-electron chi connectivity index (χ4n) is 1.77. The minimum Gasteiger partial charge on any atom is -0.377 e. The number of benzene rings is 2. The Bertz CT molecular complexity index is 602. The van der Waals surface area contributed by atoms with Gasteiger partial charge in [-0.2, -0.15) is 0 Å². The van der Waals surface area contributed by atoms with Crippen molar-refractivity contribution in [1.29, 1.82) is 0 Å². The summed E-state index contributed by atoms with van der Waals surface area (Å²) in [7, 11) is 0. The summed E-state index contributed by atoms with van der Waals surface area (Å²) in [5, 5.41) is 3.99. The second-order valence-corrected chi connectivity index (χ2v) is 4.98. The van der Waals surface area contributed by atoms with Crippen molar-refractivity contribution in [2.24, 2.45) is 0 Å². The van der Waals surface area contributed by atoms with Gasteiger partial charge in [-0.05, 0) is 31.2 Å². The van der Waals surface area contributed by atoms with Crippen LogP contribution in [0, 0.1) is 11.6 Å². The van der Waals surface area contributed by atoms with Gasteiger partial charge in [0.25, 0.3) is 0 Å². The molecule has 1 N–H and O–H groups in total. The summed E-state index contributed by atoms with van der Waals surface area (Å²) in [4.78, 5) is 0. The fraction of sp³-hybridized carbons (Fsp3) is 0.143. The molecule has 1 nitrogen and oxygen atoms in total. The molecule has 5 heteroatoms. The van der Waals surface area contributed by atoms with Crippen LogP contribution in [0.5, 0.6) is 0 Å². The third kappa shape index (κ3) is 3.17. The lowest BCUT2D eigenvalue weighted by atomic mass is 10.1. The normalized spacial score (nSPS) is 12.3. The van der Waals surface area contributed by atoms with Crippen LogP contribution in [0.3, 0.4) is 0 Å². The second kappa shape index (κ2) is 5.76. The molecule has 0 saturated carbocycles. The van der Waals surface area contributed by atoms with Crippen LogP contribution in [0.2, 0.25) is 10.0 Å². The molecule has 2 aromatic carbocycles. The summed E-state index contributed by atoms with van der Waals surface area (Å²) in [5.41, 5.74) is 0.807. The molecule has 0 heterocycles. The third-order valence-corrected chi connectivity index (χ3v) is 3.31. The van der Waals surface area contributed by atoms with Crippen LogP contribution in [0.15, 0.2) is 36.4 Å². The summed E-state index contributed by atoms with van der Waals surface area (Å²) in [6.07, 6.45) is 0. The summed E-state index contributed by atoms with van der Waals surface area (Å²) >= 11 is 11.9. The van der Waals surface area contributed by atoms with E-state index in [9.17, 15) is 8.78 Å². The summed E-state index contributed by atoms with van der Waals surface area (Å²) in [6.45, 7) is 1.72. The zero-order valence-corrected chi connectivity index (χ0v) is 11.6. The molecule has 0 aliphatic rings. The van der Waals surface area contributed by atoms with Crippen LogP contribution in [0.1, 0.15) is 18.5 Å². The van der Waals surface area contributed by atoms with Crippen LogP contribution >= 0.6 is 23.2 Å². The highest BCUT2D eigenvalue weighted by molar-refractivity contribution is 6.35. The molecule has 0 bridgehead atoms. The lowest BCUT2D eigenvalue weighted by Crippen LogP contribution is -2.09. The van der Waals surface area contributed by atoms with Gasteiger partial charge in [0, 0.05) is 10.6 Å². The van der Waals surface area contributed by atoms with E-state index >= 15 is 0 Å². The van der Waals surface area contributed by atoms with Gasteiger partial charge in [-0.15, -0.1) is 0 Å². The van der Waals surface area contributed by atoms with E-state index < -0.39 is 17.7 Å². The Kier molecular flexibility index (Phi) is 4.27. The minimum atomic E-state index is -0.872. The van der Waals surface area contributed by atoms with Crippen molar-refractivity contribution in [2.75, 3.05) is 5.32 Å². The highest BCUT2D eigenvalue weighted by Gasteiger charge is 2.15. The van der Waals surface area contributed by atoms with Crippen molar-refractivity contribution < 1.29 is 8.78 Å². The smallest absolute Gasteiger partial charge is 0.164 e. The molecule has 0 fully saturated rings. The van der Waals surface area contributed by atoms with E-state index in [2.05, 4.69) is 5.32 Å². The van der Waals surface area contributed by atoms with Gasteiger partial charge in [0.15, 0.2) is 11.6 Å². The van der Waals surface area contributed by atoms with Gasteiger partial charge in [0.1, 0.15) is 0 Å². The molecule has 0 amide bonds. The van der Waals surface area contributed by atoms with Crippen LogP contribution in [0.25, 0.3) is 0 Å². The molecule has 0 spiro atoms. The van der Waals surface area contributed by atoms with Crippen molar-refractivity contribution in [2.45, 2.75) is 13.0 Å². The Morgan fingerprint density at radius 3 is 2.58 bits per heavy atom. The van der Waals surface area contributed by atoms with Gasteiger partial charge in [-0.3, -0.25) is 0 Å². The number of halogens is 4. The van der Waals surface area contributed by atoms with Crippen LogP contribution < -0.4 is 5.32 Å². The van der Waals surface area contributed by atoms with Gasteiger partial charge in [0.05, 0.1) is 16.8 Å². The number of hydrogen-bond acceptors (Lipinski definition) is 1. The largest absolute Gasteiger partial charge is 0.377 e. The molecular formula is C14H11Cl2F2N. The zero-order chi connectivity index (χ0) is 14.0. The van der Waals surface area contributed by atoms with Crippen molar-refractivity contribution in [1.82, 2.24) is 0 Å². The standard InChI is InChI=1S/C14H11Cl2F2N/c1-8(10-3-2-4-12(17)14(10)18)19-13-7-9(15)5-6-11(13)16/h2-8,19H,1H3. The number of nitrogens with one attached hydrogen (secondary N) is 1. The molecule has 19 heavy (non-hydrogen) atoms. The average molecular weight is 302 g/mol. The predicted molar refractivity (Wildman–Crippen MR) is 74.9 cm³/mol. The molecule has 0 aliphatic carbocycles. The van der Waals surface area contributed by atoms with Crippen molar-refractivity contribution in [3.05, 3.63) is 63.6 Å². The topological polar surface area (TPSA) is 12.0 Å². The first-order valence-corrected chi connectivity index (χ1v) is 6.40. The fourth-order valence-corrected chi connectivity index (χ4v) is 2.12. The molecule has 2 rings (SSSR count). The SMILES string of the molecule is CC(Nc1cc(Cl)ccc1Cl)c1cccc(F)c1F. The van der Waals surface area contributed by atoms with Gasteiger partial charge in [-0.1, -0.05) is 35.3 Å². The predicted octanol–water partition coefficient (Wildman–Crippen LogP) is 5.44. The van der Waals surface area contributed by atoms with Crippen molar-refractivity contribution >= 4 is 28.9 Å². The van der Waals surface area contributed by atoms with E-state index in [-0.39, 0.29) is 5.56 Å². The first kappa shape index (κ1) is 14.1. The maximum absolute atomic E-state index is 13.7. The Labute approximate surface area is 120 Å². The Morgan fingerprint density at radius 2 is 1.84 bits per heavy atom. The van der Waals surface area contributed by atoms with Crippen LogP contribution in [-0.2, 0) is 0 Å². The lowest BCUT2D eigenvalue weighted by molar-refractivity contribution is 0.494. The highest BCUT2D eigenvalue weighted by Crippen LogP contribution is 2.30. The Morgan fingerprint density at radius 1 is 1.11 bits per heavy atom. The first-order valence-electron chi connectivity index (χ1n) is 5.64. The Hall–Kier alpha value is -1.32. The van der Waals surface area contributed by atoms with E-state index in [4.69, 9.17) is 23.2 Å². The summed E-state index contributed by atoms with van der Waals surface area (Å²) in [5.74, 6) is -1.73. The molecule has 1 atom stereocenters. The molecule has 2 aromatic rings. The molecule has 1 unspecified atom stereocenters. The summed E-state index contributed by atoms with van der Waals surface area (Å²) < 4.78 is 26.8. The Balaban J connectivity index is 2.28. The van der Waals surface area contributed by atoms with E-state index in [1.807, 2.05) is 0 Å². The quantitative estimate of drug-likeness (QED) is 0.795. The van der Waals surface area contributed by atoms with Gasteiger partial charge >= 0.3 is 0 Å². The molecular weight excluding hydrogens is 291 g/mol. The highest BCUT2D eigenvalue weighted by atomic mass is 35.5. The van der Waals surface area contributed by atoms with Gasteiger partial charge in [-0.25, -0.2) is 8.78 Å². The minimum absolute atomic E-state index is 0.232. The molecule has 0 saturated heterocycles. The molecule has 0 radical (unpaired) electrons. The van der Waals surface area contributed by atoms with E-state index in [0.29, 0.717) is 15.7 Å². The van der Waals surface area contributed by atoms with Crippen LogP contribution in [-0.4, -0.2) is 0 Å². The summed E-state index contributed by atoms with van der Waals surface area (Å²) in [6, 6.07) is 8.56. The molecule has 0 aromatic heterocycles. The zero-order valence-electron chi connectivity index (χ0n) is 10.1. The van der Waals surface area contributed by atoms with E-state index in [0.717, 1.165) is 6.07 Å². The number of rotatable bonds is 3. The van der Waals surface area contributed by atoms with E-state index in [1.165, 1.54) is 12.1 Å². The number of hydrogen-bond donors (Lipinski definition) is 1. The average Bonchev–Trinajstić information content (AvgIpc) is 2.37. The van der Waals surface area contributed by atoms with Crippen molar-refractivity contribution in [3.8, 4) is 0 Å². The maximum atomic E-state index is 13.7. The second-order valence-electron chi connectivity index (χ2n) is 4.13. The maximum Gasteiger partial charge on any atom is 0.164 e. The van der Waals surface area contributed by atoms with Crippen molar-refractivity contribution in [3.63, 3.8) is 0 Å². The monoisotopic (exact) mass is 301 g/mol. The first-order chi connectivity index (χ1) is 8.99. The van der Waals surface area contributed by atoms with Gasteiger partial charge in [0.2, 0.25) is 0 Å². The lowest BCUT2D eigenvalue weighted by Gasteiger charge is -2.17. The molecule has 100 valence electrons. The van der Waals surface area contributed by atoms with Crippen LogP contribution in [0.4, 0.5) is 14.5 Å². The third-order valence-electron chi connectivity index (χ3n) is 2.75. The number of anilines is 1. The van der Waals surface area contributed by atoms with Gasteiger partial charge < -0.3 is 5.32 Å².